The Labute approximate surface area is 128 Å². The minimum atomic E-state index is -0.798. The number of thiocarbonyl (C=S) groups is 1. The van der Waals surface area contributed by atoms with Gasteiger partial charge in [-0.05, 0) is 26.0 Å². The maximum Gasteiger partial charge on any atom is 0.242 e. The fourth-order valence-corrected chi connectivity index (χ4v) is 2.15. The van der Waals surface area contributed by atoms with Gasteiger partial charge in [0.2, 0.25) is 5.91 Å². The summed E-state index contributed by atoms with van der Waals surface area (Å²) in [7, 11) is 1.46. The fourth-order valence-electron chi connectivity index (χ4n) is 2.03. The van der Waals surface area contributed by atoms with Crippen LogP contribution in [0.15, 0.2) is 12.1 Å². The van der Waals surface area contributed by atoms with Crippen LogP contribution >= 0.6 is 12.2 Å². The average Bonchev–Trinajstić information content (AvgIpc) is 2.38. The summed E-state index contributed by atoms with van der Waals surface area (Å²) in [6, 6.07) is 2.14. The molecule has 21 heavy (non-hydrogen) atoms. The highest BCUT2D eigenvalue weighted by Crippen LogP contribution is 2.24. The molecule has 0 atom stereocenters. The SMILES string of the molecule is CCN(CC)C(=O)CN(C)c1c(F)cc(C(N)=S)cc1F. The summed E-state index contributed by atoms with van der Waals surface area (Å²) >= 11 is 4.70. The third-order valence-electron chi connectivity index (χ3n) is 3.17. The molecule has 0 unspecified atom stereocenters. The smallest absolute Gasteiger partial charge is 0.242 e. The van der Waals surface area contributed by atoms with Crippen LogP contribution in [0.25, 0.3) is 0 Å². The standard InChI is InChI=1S/C14H19F2N3OS/c1-4-19(5-2)12(20)8-18(3)13-10(15)6-9(14(17)21)7-11(13)16/h6-7H,4-5,8H2,1-3H3,(H2,17,21). The maximum atomic E-state index is 14.0. The summed E-state index contributed by atoms with van der Waals surface area (Å²) in [5.74, 6) is -1.79. The van der Waals surface area contributed by atoms with Crippen LogP contribution in [0.1, 0.15) is 19.4 Å². The summed E-state index contributed by atoms with van der Waals surface area (Å²) in [6.45, 7) is 4.68. The molecule has 0 aliphatic carbocycles. The number of carbonyl (C=O) groups excluding carboxylic acids is 1. The minimum Gasteiger partial charge on any atom is -0.389 e. The van der Waals surface area contributed by atoms with E-state index in [-0.39, 0.29) is 28.7 Å². The Hall–Kier alpha value is -1.76. The van der Waals surface area contributed by atoms with Gasteiger partial charge in [-0.3, -0.25) is 4.79 Å². The number of amides is 1. The van der Waals surface area contributed by atoms with Crippen LogP contribution in [0, 0.1) is 11.6 Å². The Balaban J connectivity index is 3.00. The second-order valence-electron chi connectivity index (χ2n) is 4.57. The van der Waals surface area contributed by atoms with Gasteiger partial charge in [0.05, 0.1) is 6.54 Å². The van der Waals surface area contributed by atoms with Gasteiger partial charge in [-0.25, -0.2) is 8.78 Å². The molecule has 1 aromatic carbocycles. The Morgan fingerprint density at radius 1 is 1.24 bits per heavy atom. The molecular formula is C14H19F2N3OS. The topological polar surface area (TPSA) is 49.6 Å². The molecule has 1 rings (SSSR count). The molecule has 0 aliphatic rings. The normalized spacial score (nSPS) is 10.3. The van der Waals surface area contributed by atoms with E-state index in [9.17, 15) is 13.6 Å². The molecule has 0 aromatic heterocycles. The van der Waals surface area contributed by atoms with E-state index in [2.05, 4.69) is 0 Å². The van der Waals surface area contributed by atoms with Crippen molar-refractivity contribution in [3.8, 4) is 0 Å². The van der Waals surface area contributed by atoms with Crippen molar-refractivity contribution in [3.05, 3.63) is 29.3 Å². The van der Waals surface area contributed by atoms with Gasteiger partial charge in [-0.1, -0.05) is 12.2 Å². The average molecular weight is 315 g/mol. The van der Waals surface area contributed by atoms with Crippen molar-refractivity contribution < 1.29 is 13.6 Å². The summed E-state index contributed by atoms with van der Waals surface area (Å²) in [5.41, 5.74) is 5.21. The second-order valence-corrected chi connectivity index (χ2v) is 5.01. The number of hydrogen-bond acceptors (Lipinski definition) is 3. The number of likely N-dealkylation sites (N-methyl/N-ethyl adjacent to an activating group) is 2. The molecule has 0 saturated heterocycles. The van der Waals surface area contributed by atoms with Crippen molar-refractivity contribution in [3.63, 3.8) is 0 Å². The van der Waals surface area contributed by atoms with E-state index < -0.39 is 11.6 Å². The van der Waals surface area contributed by atoms with Crippen LogP contribution in [0.2, 0.25) is 0 Å². The molecule has 0 radical (unpaired) electrons. The first-order chi connectivity index (χ1) is 9.81. The number of nitrogens with two attached hydrogens (primary N) is 1. The number of benzene rings is 1. The van der Waals surface area contributed by atoms with Gasteiger partial charge >= 0.3 is 0 Å². The van der Waals surface area contributed by atoms with Gasteiger partial charge in [0, 0.05) is 25.7 Å². The van der Waals surface area contributed by atoms with E-state index in [0.717, 1.165) is 12.1 Å². The second kappa shape index (κ2) is 7.31. The van der Waals surface area contributed by atoms with Gasteiger partial charge < -0.3 is 15.5 Å². The van der Waals surface area contributed by atoms with Crippen molar-refractivity contribution >= 4 is 28.8 Å². The zero-order chi connectivity index (χ0) is 16.2. The molecule has 0 heterocycles. The first-order valence-corrected chi connectivity index (χ1v) is 7.00. The van der Waals surface area contributed by atoms with E-state index in [4.69, 9.17) is 18.0 Å². The van der Waals surface area contributed by atoms with Crippen molar-refractivity contribution in [2.24, 2.45) is 5.73 Å². The first kappa shape index (κ1) is 17.3. The van der Waals surface area contributed by atoms with Crippen molar-refractivity contribution in [1.82, 2.24) is 4.90 Å². The van der Waals surface area contributed by atoms with Gasteiger partial charge in [0.15, 0.2) is 0 Å². The Morgan fingerprint density at radius 3 is 2.10 bits per heavy atom. The van der Waals surface area contributed by atoms with Crippen molar-refractivity contribution in [2.45, 2.75) is 13.8 Å². The van der Waals surface area contributed by atoms with Gasteiger partial charge in [-0.15, -0.1) is 0 Å². The molecule has 0 spiro atoms. The first-order valence-electron chi connectivity index (χ1n) is 6.59. The number of hydrogen-bond donors (Lipinski definition) is 1. The monoisotopic (exact) mass is 315 g/mol. The van der Waals surface area contributed by atoms with Gasteiger partial charge in [0.1, 0.15) is 22.3 Å². The van der Waals surface area contributed by atoms with E-state index in [0.29, 0.717) is 13.1 Å². The molecular weight excluding hydrogens is 296 g/mol. The van der Waals surface area contributed by atoms with E-state index in [1.165, 1.54) is 11.9 Å². The van der Waals surface area contributed by atoms with Crippen LogP contribution in [0.3, 0.4) is 0 Å². The van der Waals surface area contributed by atoms with E-state index in [1.807, 2.05) is 13.8 Å². The Morgan fingerprint density at radius 2 is 1.71 bits per heavy atom. The van der Waals surface area contributed by atoms with Crippen LogP contribution in [-0.2, 0) is 4.79 Å². The summed E-state index contributed by atoms with van der Waals surface area (Å²) in [4.78, 5) is 14.7. The summed E-state index contributed by atoms with van der Waals surface area (Å²) in [5, 5.41) is 0. The minimum absolute atomic E-state index is 0.0822. The number of rotatable bonds is 6. The van der Waals surface area contributed by atoms with E-state index in [1.54, 1.807) is 4.90 Å². The maximum absolute atomic E-state index is 14.0. The molecule has 116 valence electrons. The molecule has 2 N–H and O–H groups in total. The lowest BCUT2D eigenvalue weighted by atomic mass is 10.1. The third-order valence-corrected chi connectivity index (χ3v) is 3.41. The molecule has 0 saturated carbocycles. The lowest BCUT2D eigenvalue weighted by Gasteiger charge is -2.25. The van der Waals surface area contributed by atoms with Crippen LogP contribution < -0.4 is 10.6 Å². The van der Waals surface area contributed by atoms with Gasteiger partial charge in [-0.2, -0.15) is 0 Å². The molecule has 1 aromatic rings. The predicted molar refractivity (Wildman–Crippen MR) is 83.4 cm³/mol. The molecule has 0 aliphatic heterocycles. The number of nitrogens with zero attached hydrogens (tertiary/aromatic N) is 2. The Kier molecular flexibility index (Phi) is 6.02. The van der Waals surface area contributed by atoms with Crippen molar-refractivity contribution in [1.29, 1.82) is 0 Å². The van der Waals surface area contributed by atoms with Crippen molar-refractivity contribution in [2.75, 3.05) is 31.6 Å². The lowest BCUT2D eigenvalue weighted by Crippen LogP contribution is -2.39. The number of anilines is 1. The highest BCUT2D eigenvalue weighted by atomic mass is 32.1. The summed E-state index contributed by atoms with van der Waals surface area (Å²) < 4.78 is 28.0. The predicted octanol–water partition coefficient (Wildman–Crippen LogP) is 1.90. The zero-order valence-corrected chi connectivity index (χ0v) is 13.1. The fraction of sp³-hybridized carbons (Fsp3) is 0.429. The number of carbonyl (C=O) groups is 1. The Bertz CT molecular complexity index is 524. The summed E-state index contributed by atoms with van der Waals surface area (Å²) in [6.07, 6.45) is 0. The largest absolute Gasteiger partial charge is 0.389 e. The molecule has 1 amide bonds. The highest BCUT2D eigenvalue weighted by molar-refractivity contribution is 7.80. The lowest BCUT2D eigenvalue weighted by molar-refractivity contribution is -0.129. The molecule has 7 heteroatoms. The number of halogens is 2. The highest BCUT2D eigenvalue weighted by Gasteiger charge is 2.19. The van der Waals surface area contributed by atoms with Crippen LogP contribution in [0.4, 0.5) is 14.5 Å². The molecule has 4 nitrogen and oxygen atoms in total. The quantitative estimate of drug-likeness (QED) is 0.815. The zero-order valence-electron chi connectivity index (χ0n) is 12.3. The molecule has 0 bridgehead atoms. The van der Waals surface area contributed by atoms with Crippen LogP contribution in [0.5, 0.6) is 0 Å². The third kappa shape index (κ3) is 4.10. The van der Waals surface area contributed by atoms with E-state index >= 15 is 0 Å². The molecule has 0 fully saturated rings. The van der Waals surface area contributed by atoms with Gasteiger partial charge in [0.25, 0.3) is 0 Å². The van der Waals surface area contributed by atoms with Crippen LogP contribution in [-0.4, -0.2) is 42.5 Å².